The fourth-order valence-electron chi connectivity index (χ4n) is 6.84. The molecule has 3 unspecified atom stereocenters. The molecule has 0 N–H and O–H groups in total. The Kier molecular flexibility index (Phi) is 4.66. The van der Waals surface area contributed by atoms with Crippen LogP contribution in [0.1, 0.15) is 78.1 Å². The first-order valence-electron chi connectivity index (χ1n) is 10.4. The number of hydrogen-bond donors (Lipinski definition) is 0. The molecule has 4 bridgehead atoms. The summed E-state index contributed by atoms with van der Waals surface area (Å²) in [5, 5.41) is 0. The van der Waals surface area contributed by atoms with Crippen molar-refractivity contribution < 1.29 is 14.3 Å². The topological polar surface area (TPSA) is 35.5 Å². The maximum Gasteiger partial charge on any atom is 0.311 e. The average molecular weight is 335 g/mol. The highest BCUT2D eigenvalue weighted by molar-refractivity contribution is 5.73. The number of hydrogen-bond acceptors (Lipinski definition) is 3. The first kappa shape index (κ1) is 16.9. The zero-order chi connectivity index (χ0) is 16.7. The standard InChI is InChI=1S/C21H34O3/c1-3-14-8-18(4-2)19(9-14)20(22)23-13-24-21-10-15-5-16(11-21)7-17(6-15)12-21/h14-19H,3-13H2,1-2H3. The summed E-state index contributed by atoms with van der Waals surface area (Å²) >= 11 is 0. The van der Waals surface area contributed by atoms with Gasteiger partial charge in [-0.25, -0.2) is 0 Å². The number of ether oxygens (including phenoxy) is 2. The lowest BCUT2D eigenvalue weighted by atomic mass is 9.54. The molecule has 5 aliphatic rings. The third-order valence-electron chi connectivity index (χ3n) is 7.75. The van der Waals surface area contributed by atoms with E-state index in [9.17, 15) is 4.79 Å². The van der Waals surface area contributed by atoms with Crippen LogP contribution in [0.15, 0.2) is 0 Å². The highest BCUT2D eigenvalue weighted by Crippen LogP contribution is 2.57. The average Bonchev–Trinajstić information content (AvgIpc) is 2.97. The van der Waals surface area contributed by atoms with E-state index in [1.807, 2.05) is 0 Å². The smallest absolute Gasteiger partial charge is 0.311 e. The first-order valence-corrected chi connectivity index (χ1v) is 10.4. The van der Waals surface area contributed by atoms with E-state index in [0.29, 0.717) is 11.8 Å². The van der Waals surface area contributed by atoms with Crippen molar-refractivity contribution in [3.8, 4) is 0 Å². The van der Waals surface area contributed by atoms with Crippen LogP contribution < -0.4 is 0 Å². The Labute approximate surface area is 146 Å². The van der Waals surface area contributed by atoms with Crippen molar-refractivity contribution in [3.63, 3.8) is 0 Å². The molecule has 3 nitrogen and oxygen atoms in total. The van der Waals surface area contributed by atoms with Crippen LogP contribution in [0.2, 0.25) is 0 Å². The lowest BCUT2D eigenvalue weighted by Gasteiger charge is -2.56. The van der Waals surface area contributed by atoms with Gasteiger partial charge in [0.2, 0.25) is 0 Å². The molecule has 136 valence electrons. The maximum absolute atomic E-state index is 12.6. The van der Waals surface area contributed by atoms with Crippen molar-refractivity contribution in [3.05, 3.63) is 0 Å². The Morgan fingerprint density at radius 3 is 2.08 bits per heavy atom. The minimum Gasteiger partial charge on any atom is -0.438 e. The van der Waals surface area contributed by atoms with Gasteiger partial charge in [0, 0.05) is 0 Å². The molecule has 0 aliphatic heterocycles. The Morgan fingerprint density at radius 2 is 1.54 bits per heavy atom. The molecule has 0 heterocycles. The fourth-order valence-corrected chi connectivity index (χ4v) is 6.84. The van der Waals surface area contributed by atoms with E-state index >= 15 is 0 Å². The number of esters is 1. The van der Waals surface area contributed by atoms with Crippen molar-refractivity contribution in [1.29, 1.82) is 0 Å². The van der Waals surface area contributed by atoms with Crippen molar-refractivity contribution in [2.45, 2.75) is 83.7 Å². The molecule has 0 aromatic rings. The Hall–Kier alpha value is -0.570. The highest BCUT2D eigenvalue weighted by Gasteiger charge is 2.52. The maximum atomic E-state index is 12.6. The van der Waals surface area contributed by atoms with Crippen LogP contribution in [0.3, 0.4) is 0 Å². The van der Waals surface area contributed by atoms with E-state index in [2.05, 4.69) is 13.8 Å². The minimum atomic E-state index is 0.00234. The number of carbonyl (C=O) groups excluding carboxylic acids is 1. The van der Waals surface area contributed by atoms with Crippen molar-refractivity contribution in [2.24, 2.45) is 35.5 Å². The molecule has 5 aliphatic carbocycles. The molecule has 0 radical (unpaired) electrons. The summed E-state index contributed by atoms with van der Waals surface area (Å²) in [7, 11) is 0. The summed E-state index contributed by atoms with van der Waals surface area (Å²) in [4.78, 5) is 12.6. The van der Waals surface area contributed by atoms with Gasteiger partial charge in [-0.15, -0.1) is 0 Å². The van der Waals surface area contributed by atoms with Gasteiger partial charge < -0.3 is 9.47 Å². The summed E-state index contributed by atoms with van der Waals surface area (Å²) in [6.07, 6.45) is 12.4. The Morgan fingerprint density at radius 1 is 0.917 bits per heavy atom. The summed E-state index contributed by atoms with van der Waals surface area (Å²) in [6.45, 7) is 4.63. The lowest BCUT2D eigenvalue weighted by Crippen LogP contribution is -2.52. The predicted molar refractivity (Wildman–Crippen MR) is 93.2 cm³/mol. The molecule has 0 aromatic carbocycles. The molecule has 3 atom stereocenters. The van der Waals surface area contributed by atoms with Gasteiger partial charge in [0.1, 0.15) is 0 Å². The molecule has 5 saturated carbocycles. The number of rotatable bonds is 6. The van der Waals surface area contributed by atoms with Gasteiger partial charge in [-0.1, -0.05) is 26.7 Å². The number of carbonyl (C=O) groups is 1. The monoisotopic (exact) mass is 334 g/mol. The van der Waals surface area contributed by atoms with E-state index < -0.39 is 0 Å². The van der Waals surface area contributed by atoms with Gasteiger partial charge in [-0.2, -0.15) is 0 Å². The van der Waals surface area contributed by atoms with Crippen LogP contribution in [0.5, 0.6) is 0 Å². The molecular weight excluding hydrogens is 300 g/mol. The molecule has 24 heavy (non-hydrogen) atoms. The van der Waals surface area contributed by atoms with Crippen molar-refractivity contribution >= 4 is 5.97 Å². The quantitative estimate of drug-likeness (QED) is 0.510. The third-order valence-corrected chi connectivity index (χ3v) is 7.75. The Balaban J connectivity index is 1.29. The second-order valence-electron chi connectivity index (χ2n) is 9.35. The van der Waals surface area contributed by atoms with Gasteiger partial charge in [-0.05, 0) is 81.0 Å². The minimum absolute atomic E-state index is 0.00234. The van der Waals surface area contributed by atoms with Crippen molar-refractivity contribution in [2.75, 3.05) is 6.79 Å². The third kappa shape index (κ3) is 3.13. The Bertz CT molecular complexity index is 436. The normalized spacial score (nSPS) is 46.4. The van der Waals surface area contributed by atoms with Crippen molar-refractivity contribution in [1.82, 2.24) is 0 Å². The summed E-state index contributed by atoms with van der Waals surface area (Å²) in [6, 6.07) is 0. The van der Waals surface area contributed by atoms with Gasteiger partial charge in [0.25, 0.3) is 0 Å². The molecule has 0 spiro atoms. The van der Waals surface area contributed by atoms with Gasteiger partial charge in [0.15, 0.2) is 6.79 Å². The molecule has 5 fully saturated rings. The largest absolute Gasteiger partial charge is 0.438 e. The van der Waals surface area contributed by atoms with E-state index in [1.165, 1.54) is 51.4 Å². The summed E-state index contributed by atoms with van der Waals surface area (Å²) in [5.41, 5.74) is 0.0425. The second kappa shape index (κ2) is 6.63. The van der Waals surface area contributed by atoms with Gasteiger partial charge in [-0.3, -0.25) is 4.79 Å². The SMILES string of the molecule is CCC1CC(CC)C(C(=O)OCOC23CC4CC(CC(C4)C2)C3)C1. The van der Waals surface area contributed by atoms with Gasteiger partial charge in [0.05, 0.1) is 11.5 Å². The van der Waals surface area contributed by atoms with E-state index in [1.54, 1.807) is 0 Å². The summed E-state index contributed by atoms with van der Waals surface area (Å²) < 4.78 is 11.9. The molecule has 0 amide bonds. The summed E-state index contributed by atoms with van der Waals surface area (Å²) in [5.74, 6) is 3.95. The second-order valence-corrected chi connectivity index (χ2v) is 9.35. The van der Waals surface area contributed by atoms with Crippen LogP contribution in [-0.2, 0) is 14.3 Å². The van der Waals surface area contributed by atoms with Crippen LogP contribution in [-0.4, -0.2) is 18.4 Å². The van der Waals surface area contributed by atoms with E-state index in [-0.39, 0.29) is 24.3 Å². The lowest BCUT2D eigenvalue weighted by molar-refractivity contribution is -0.212. The molecule has 3 heteroatoms. The van der Waals surface area contributed by atoms with Crippen LogP contribution in [0.4, 0.5) is 0 Å². The molecule has 0 aromatic heterocycles. The molecule has 0 saturated heterocycles. The van der Waals surface area contributed by atoms with E-state index in [0.717, 1.165) is 30.6 Å². The zero-order valence-corrected chi connectivity index (χ0v) is 15.5. The highest BCUT2D eigenvalue weighted by atomic mass is 16.7. The first-order chi connectivity index (χ1) is 11.6. The fraction of sp³-hybridized carbons (Fsp3) is 0.952. The zero-order valence-electron chi connectivity index (χ0n) is 15.5. The van der Waals surface area contributed by atoms with Crippen LogP contribution >= 0.6 is 0 Å². The van der Waals surface area contributed by atoms with E-state index in [4.69, 9.17) is 9.47 Å². The molecular formula is C21H34O3. The predicted octanol–water partition coefficient (Wildman–Crippen LogP) is 4.93. The van der Waals surface area contributed by atoms with Crippen LogP contribution in [0, 0.1) is 35.5 Å². The van der Waals surface area contributed by atoms with Crippen LogP contribution in [0.25, 0.3) is 0 Å². The molecule has 5 rings (SSSR count). The van der Waals surface area contributed by atoms with Gasteiger partial charge >= 0.3 is 5.97 Å².